The highest BCUT2D eigenvalue weighted by molar-refractivity contribution is 6.30. The van der Waals surface area contributed by atoms with Gasteiger partial charge in [0.05, 0.1) is 25.1 Å². The number of rotatable bonds is 7. The third-order valence-corrected chi connectivity index (χ3v) is 6.86. The molecule has 1 aliphatic heterocycles. The minimum absolute atomic E-state index is 0.0782. The topological polar surface area (TPSA) is 62.7 Å². The van der Waals surface area contributed by atoms with Crippen LogP contribution in [0, 0.1) is 23.7 Å². The highest BCUT2D eigenvalue weighted by atomic mass is 35.5. The van der Waals surface area contributed by atoms with E-state index in [9.17, 15) is 9.90 Å². The van der Waals surface area contributed by atoms with E-state index >= 15 is 4.39 Å². The molecule has 1 aromatic heterocycles. The molecular formula is C28H28ClFN2O3. The quantitative estimate of drug-likeness (QED) is 0.423. The summed E-state index contributed by atoms with van der Waals surface area (Å²) in [5.74, 6) is 5.39. The SMILES string of the molecule is COc1ccc2nccc([C@H](F)CC[C@@H]3CCN(CC#Cc4cccc(Cl)c4)C[C@@H]3C(=O)O)c2c1. The van der Waals surface area contributed by atoms with Gasteiger partial charge in [0.15, 0.2) is 0 Å². The van der Waals surface area contributed by atoms with Crippen molar-refractivity contribution in [3.05, 3.63) is 70.9 Å². The fourth-order valence-electron chi connectivity index (χ4n) is 4.72. The van der Waals surface area contributed by atoms with Gasteiger partial charge in [-0.3, -0.25) is 14.7 Å². The standard InChI is InChI=1S/C28H28ClFN2O3/c1-35-22-8-10-27-24(17-22)23(11-13-31-27)26(30)9-7-20-12-15-32(18-25(20)28(33)34)14-3-5-19-4-2-6-21(29)16-19/h2,4,6,8,10-11,13,16-17,20,25-26H,7,9,12,14-15,18H2,1H3,(H,33,34)/t20-,25+,26-/m1/s1. The summed E-state index contributed by atoms with van der Waals surface area (Å²) >= 11 is 6.00. The number of halogens is 2. The summed E-state index contributed by atoms with van der Waals surface area (Å²) < 4.78 is 20.6. The smallest absolute Gasteiger partial charge is 0.308 e. The number of benzene rings is 2. The van der Waals surface area contributed by atoms with Crippen molar-refractivity contribution in [2.75, 3.05) is 26.7 Å². The molecular weight excluding hydrogens is 467 g/mol. The van der Waals surface area contributed by atoms with E-state index in [1.807, 2.05) is 18.2 Å². The van der Waals surface area contributed by atoms with Crippen LogP contribution in [0.25, 0.3) is 10.9 Å². The Morgan fingerprint density at radius 1 is 1.31 bits per heavy atom. The van der Waals surface area contributed by atoms with E-state index in [0.717, 1.165) is 17.5 Å². The van der Waals surface area contributed by atoms with Gasteiger partial charge in [-0.25, -0.2) is 4.39 Å². The molecule has 7 heteroatoms. The number of likely N-dealkylation sites (tertiary alicyclic amines) is 1. The highest BCUT2D eigenvalue weighted by Gasteiger charge is 2.34. The van der Waals surface area contributed by atoms with Gasteiger partial charge in [-0.2, -0.15) is 0 Å². The summed E-state index contributed by atoms with van der Waals surface area (Å²) in [6.07, 6.45) is 1.88. The molecule has 0 aliphatic carbocycles. The van der Waals surface area contributed by atoms with Gasteiger partial charge < -0.3 is 9.84 Å². The molecule has 1 N–H and O–H groups in total. The molecule has 4 rings (SSSR count). The van der Waals surface area contributed by atoms with E-state index in [0.29, 0.717) is 47.8 Å². The first-order valence-corrected chi connectivity index (χ1v) is 12.1. The first-order valence-electron chi connectivity index (χ1n) is 11.7. The van der Waals surface area contributed by atoms with Crippen molar-refractivity contribution >= 4 is 28.5 Å². The zero-order chi connectivity index (χ0) is 24.8. The lowest BCUT2D eigenvalue weighted by molar-refractivity contribution is -0.146. The number of alkyl halides is 1. The monoisotopic (exact) mass is 494 g/mol. The Morgan fingerprint density at radius 3 is 2.94 bits per heavy atom. The predicted octanol–water partition coefficient (Wildman–Crippen LogP) is 5.76. The zero-order valence-corrected chi connectivity index (χ0v) is 20.3. The van der Waals surface area contributed by atoms with Crippen LogP contribution in [-0.4, -0.2) is 47.7 Å². The molecule has 1 saturated heterocycles. The second-order valence-electron chi connectivity index (χ2n) is 8.87. The maximum absolute atomic E-state index is 15.4. The Hall–Kier alpha value is -3.14. The van der Waals surface area contributed by atoms with Crippen molar-refractivity contribution in [2.24, 2.45) is 11.8 Å². The lowest BCUT2D eigenvalue weighted by atomic mass is 9.81. The van der Waals surface area contributed by atoms with E-state index in [1.165, 1.54) is 0 Å². The largest absolute Gasteiger partial charge is 0.497 e. The van der Waals surface area contributed by atoms with Crippen LogP contribution in [-0.2, 0) is 4.79 Å². The summed E-state index contributed by atoms with van der Waals surface area (Å²) in [5.41, 5.74) is 2.11. The molecule has 0 spiro atoms. The van der Waals surface area contributed by atoms with E-state index < -0.39 is 18.1 Å². The van der Waals surface area contributed by atoms with Crippen LogP contribution in [0.2, 0.25) is 5.02 Å². The molecule has 182 valence electrons. The Morgan fingerprint density at radius 2 is 2.17 bits per heavy atom. The molecule has 3 aromatic rings. The fourth-order valence-corrected chi connectivity index (χ4v) is 4.91. The van der Waals surface area contributed by atoms with Crippen LogP contribution in [0.3, 0.4) is 0 Å². The van der Waals surface area contributed by atoms with Crippen molar-refractivity contribution in [1.29, 1.82) is 0 Å². The lowest BCUT2D eigenvalue weighted by Gasteiger charge is -2.35. The van der Waals surface area contributed by atoms with Crippen LogP contribution >= 0.6 is 11.6 Å². The molecule has 3 atom stereocenters. The summed E-state index contributed by atoms with van der Waals surface area (Å²) in [6.45, 7) is 1.64. The molecule has 0 saturated carbocycles. The number of aliphatic carboxylic acids is 1. The maximum Gasteiger partial charge on any atom is 0.308 e. The number of carboxylic acid groups (broad SMARTS) is 1. The zero-order valence-electron chi connectivity index (χ0n) is 19.6. The number of methoxy groups -OCH3 is 1. The van der Waals surface area contributed by atoms with Crippen LogP contribution in [0.4, 0.5) is 4.39 Å². The predicted molar refractivity (Wildman–Crippen MR) is 135 cm³/mol. The number of hydrogen-bond acceptors (Lipinski definition) is 4. The number of piperidine rings is 1. The number of ether oxygens (including phenoxy) is 1. The number of nitrogens with zero attached hydrogens (tertiary/aromatic N) is 2. The molecule has 0 radical (unpaired) electrons. The normalized spacial score (nSPS) is 19.1. The first-order chi connectivity index (χ1) is 16.9. The number of carboxylic acids is 1. The molecule has 0 bridgehead atoms. The lowest BCUT2D eigenvalue weighted by Crippen LogP contribution is -2.44. The molecule has 0 amide bonds. The van der Waals surface area contributed by atoms with Crippen molar-refractivity contribution in [3.8, 4) is 17.6 Å². The van der Waals surface area contributed by atoms with Crippen molar-refractivity contribution < 1.29 is 19.0 Å². The fraction of sp³-hybridized carbons (Fsp3) is 0.357. The molecule has 35 heavy (non-hydrogen) atoms. The van der Waals surface area contributed by atoms with Gasteiger partial charge in [-0.05, 0) is 79.8 Å². The van der Waals surface area contributed by atoms with Crippen LogP contribution in [0.5, 0.6) is 5.75 Å². The summed E-state index contributed by atoms with van der Waals surface area (Å²) in [5, 5.41) is 11.2. The first kappa shape index (κ1) is 25.0. The molecule has 2 aromatic carbocycles. The summed E-state index contributed by atoms with van der Waals surface area (Å²) in [6, 6.07) is 14.5. The molecule has 0 unspecified atom stereocenters. The average Bonchev–Trinajstić information content (AvgIpc) is 2.87. The maximum atomic E-state index is 15.4. The number of pyridine rings is 1. The Bertz CT molecular complexity index is 1260. The average molecular weight is 495 g/mol. The number of aromatic nitrogens is 1. The van der Waals surface area contributed by atoms with Gasteiger partial charge >= 0.3 is 5.97 Å². The van der Waals surface area contributed by atoms with Crippen molar-refractivity contribution in [1.82, 2.24) is 9.88 Å². The van der Waals surface area contributed by atoms with Gasteiger partial charge in [0, 0.05) is 28.7 Å². The van der Waals surface area contributed by atoms with Gasteiger partial charge in [0.25, 0.3) is 0 Å². The van der Waals surface area contributed by atoms with E-state index in [2.05, 4.69) is 21.7 Å². The van der Waals surface area contributed by atoms with Gasteiger partial charge in [0.2, 0.25) is 0 Å². The molecule has 5 nitrogen and oxygen atoms in total. The van der Waals surface area contributed by atoms with Gasteiger partial charge in [-0.1, -0.05) is 29.5 Å². The highest BCUT2D eigenvalue weighted by Crippen LogP contribution is 2.35. The Balaban J connectivity index is 1.38. The minimum atomic E-state index is -1.20. The van der Waals surface area contributed by atoms with E-state index in [4.69, 9.17) is 16.3 Å². The second kappa shape index (κ2) is 11.5. The third kappa shape index (κ3) is 6.30. The van der Waals surface area contributed by atoms with Crippen LogP contribution < -0.4 is 4.74 Å². The van der Waals surface area contributed by atoms with Crippen LogP contribution in [0.15, 0.2) is 54.7 Å². The summed E-state index contributed by atoms with van der Waals surface area (Å²) in [7, 11) is 1.57. The third-order valence-electron chi connectivity index (χ3n) is 6.63. The number of carbonyl (C=O) groups is 1. The summed E-state index contributed by atoms with van der Waals surface area (Å²) in [4.78, 5) is 18.4. The Labute approximate surface area is 209 Å². The molecule has 2 heterocycles. The molecule has 1 fully saturated rings. The van der Waals surface area contributed by atoms with Gasteiger partial charge in [0.1, 0.15) is 11.9 Å². The van der Waals surface area contributed by atoms with Crippen molar-refractivity contribution in [3.63, 3.8) is 0 Å². The van der Waals surface area contributed by atoms with Gasteiger partial charge in [-0.15, -0.1) is 0 Å². The van der Waals surface area contributed by atoms with Crippen molar-refractivity contribution in [2.45, 2.75) is 25.4 Å². The Kier molecular flexibility index (Phi) is 8.22. The van der Waals surface area contributed by atoms with Crippen LogP contribution in [0.1, 0.15) is 36.6 Å². The number of fused-ring (bicyclic) bond motifs is 1. The number of hydrogen-bond donors (Lipinski definition) is 1. The van der Waals surface area contributed by atoms with E-state index in [1.54, 1.807) is 43.6 Å². The molecule has 1 aliphatic rings. The second-order valence-corrected chi connectivity index (χ2v) is 9.31. The minimum Gasteiger partial charge on any atom is -0.497 e. The van der Waals surface area contributed by atoms with E-state index in [-0.39, 0.29) is 12.3 Å².